The summed E-state index contributed by atoms with van der Waals surface area (Å²) >= 11 is -0.124. The Bertz CT molecular complexity index is 926. The molecule has 5 rings (SSSR count). The van der Waals surface area contributed by atoms with Crippen molar-refractivity contribution < 1.29 is 28.6 Å². The molecule has 2 atom stereocenters. The van der Waals surface area contributed by atoms with Crippen LogP contribution >= 0.6 is 7.92 Å². The van der Waals surface area contributed by atoms with Gasteiger partial charge < -0.3 is 9.41 Å². The molecule has 0 aromatic heterocycles. The second kappa shape index (κ2) is 7.07. The van der Waals surface area contributed by atoms with E-state index in [1.165, 1.54) is 22.3 Å². The average molecular weight is 416 g/mol. The molecule has 1 saturated heterocycles. The molecular formula is C23H23F2PTi. The molecule has 1 fully saturated rings. The minimum absolute atomic E-state index is 0. The quantitative estimate of drug-likeness (QED) is 0.437. The van der Waals surface area contributed by atoms with Gasteiger partial charge in [0.25, 0.3) is 0 Å². The topological polar surface area (TPSA) is 0 Å². The summed E-state index contributed by atoms with van der Waals surface area (Å²) in [6.07, 6.45) is 5.16. The smallest absolute Gasteiger partial charge is 1.00 e. The van der Waals surface area contributed by atoms with Crippen molar-refractivity contribution in [3.8, 4) is 0 Å². The SMILES string of the molecule is Cc1ccc(C)c2c1C=C1[CH]2[Ti+2][CH]2C(=Cc3c(C)ccc(C)c32)P1C.[F-].[F-]. The Morgan fingerprint density at radius 2 is 1.04 bits per heavy atom. The Labute approximate surface area is 170 Å². The first-order valence-electron chi connectivity index (χ1n) is 9.10. The van der Waals surface area contributed by atoms with Crippen molar-refractivity contribution in [1.82, 2.24) is 0 Å². The van der Waals surface area contributed by atoms with E-state index < -0.39 is 0 Å². The maximum absolute atomic E-state index is 2.58. The van der Waals surface area contributed by atoms with Gasteiger partial charge in [0.2, 0.25) is 0 Å². The molecule has 2 unspecified atom stereocenters. The second-order valence-electron chi connectivity index (χ2n) is 7.78. The molecule has 0 bridgehead atoms. The van der Waals surface area contributed by atoms with Crippen LogP contribution in [0.25, 0.3) is 12.2 Å². The minimum atomic E-state index is -0.161. The Balaban J connectivity index is 0.00000105. The molecule has 3 aliphatic rings. The van der Waals surface area contributed by atoms with E-state index in [4.69, 9.17) is 0 Å². The van der Waals surface area contributed by atoms with Gasteiger partial charge in [-0.25, -0.2) is 0 Å². The molecule has 0 amide bonds. The number of benzene rings is 2. The predicted molar refractivity (Wildman–Crippen MR) is 106 cm³/mol. The monoisotopic (exact) mass is 416 g/mol. The third kappa shape index (κ3) is 2.76. The number of allylic oxidation sites excluding steroid dienone is 2. The van der Waals surface area contributed by atoms with Gasteiger partial charge in [0.1, 0.15) is 0 Å². The Kier molecular flexibility index (Phi) is 5.41. The van der Waals surface area contributed by atoms with Crippen LogP contribution < -0.4 is 9.41 Å². The van der Waals surface area contributed by atoms with Gasteiger partial charge in [-0.3, -0.25) is 0 Å². The Morgan fingerprint density at radius 3 is 1.44 bits per heavy atom. The van der Waals surface area contributed by atoms with Gasteiger partial charge in [-0.15, -0.1) is 0 Å². The zero-order valence-electron chi connectivity index (χ0n) is 16.3. The average Bonchev–Trinajstić information content (AvgIpc) is 3.16. The summed E-state index contributed by atoms with van der Waals surface area (Å²) in [6, 6.07) is 9.31. The van der Waals surface area contributed by atoms with Crippen molar-refractivity contribution in [2.24, 2.45) is 0 Å². The molecule has 138 valence electrons. The number of aryl methyl sites for hydroxylation is 4. The van der Waals surface area contributed by atoms with Gasteiger partial charge in [-0.1, -0.05) is 0 Å². The molecular weight excluding hydrogens is 393 g/mol. The van der Waals surface area contributed by atoms with Crippen LogP contribution in [0.1, 0.15) is 53.0 Å². The zero-order chi connectivity index (χ0) is 17.5. The van der Waals surface area contributed by atoms with Gasteiger partial charge in [-0.05, 0) is 0 Å². The van der Waals surface area contributed by atoms with E-state index in [1.54, 1.807) is 32.9 Å². The third-order valence-corrected chi connectivity index (χ3v) is 12.3. The van der Waals surface area contributed by atoms with Crippen molar-refractivity contribution >= 4 is 20.1 Å². The molecule has 1 heterocycles. The molecule has 2 aromatic carbocycles. The zero-order valence-corrected chi connectivity index (χ0v) is 18.8. The van der Waals surface area contributed by atoms with Gasteiger partial charge >= 0.3 is 161 Å². The fourth-order valence-electron chi connectivity index (χ4n) is 4.85. The summed E-state index contributed by atoms with van der Waals surface area (Å²) in [4.78, 5) is 0. The van der Waals surface area contributed by atoms with Crippen LogP contribution in [0.2, 0.25) is 0 Å². The van der Waals surface area contributed by atoms with Crippen LogP contribution in [-0.4, -0.2) is 6.66 Å². The molecule has 2 aromatic rings. The summed E-state index contributed by atoms with van der Waals surface area (Å²) in [5.41, 5.74) is 12.4. The van der Waals surface area contributed by atoms with E-state index in [-0.39, 0.29) is 36.5 Å². The first-order chi connectivity index (χ1) is 12.0. The maximum Gasteiger partial charge on any atom is -1.00 e. The number of hydrogen-bond acceptors (Lipinski definition) is 0. The second-order valence-corrected chi connectivity index (χ2v) is 12.3. The van der Waals surface area contributed by atoms with Crippen LogP contribution in [0, 0.1) is 27.7 Å². The molecule has 0 saturated carbocycles. The predicted octanol–water partition coefficient (Wildman–Crippen LogP) is 0.627. The normalized spacial score (nSPS) is 23.2. The maximum atomic E-state index is 2.58. The molecule has 1 aliphatic heterocycles. The van der Waals surface area contributed by atoms with E-state index in [9.17, 15) is 0 Å². The molecule has 2 aliphatic carbocycles. The summed E-state index contributed by atoms with van der Waals surface area (Å²) in [7, 11) is -0.161. The summed E-state index contributed by atoms with van der Waals surface area (Å²) in [5.74, 6) is 0. The summed E-state index contributed by atoms with van der Waals surface area (Å²) in [5, 5.41) is 3.54. The molecule has 27 heavy (non-hydrogen) atoms. The molecule has 4 heteroatoms. The summed E-state index contributed by atoms with van der Waals surface area (Å²) < 4.78 is 1.53. The third-order valence-electron chi connectivity index (χ3n) is 6.31. The van der Waals surface area contributed by atoms with Crippen molar-refractivity contribution in [3.63, 3.8) is 0 Å². The first kappa shape index (κ1) is 20.7. The summed E-state index contributed by atoms with van der Waals surface area (Å²) in [6.45, 7) is 11.7. The number of halogens is 2. The van der Waals surface area contributed by atoms with Crippen molar-refractivity contribution in [2.75, 3.05) is 6.66 Å². The van der Waals surface area contributed by atoms with Crippen LogP contribution in [0.3, 0.4) is 0 Å². The van der Waals surface area contributed by atoms with Gasteiger partial charge in [-0.2, -0.15) is 0 Å². The van der Waals surface area contributed by atoms with Gasteiger partial charge in [0.15, 0.2) is 0 Å². The van der Waals surface area contributed by atoms with E-state index >= 15 is 0 Å². The van der Waals surface area contributed by atoms with Gasteiger partial charge in [0, 0.05) is 0 Å². The Morgan fingerprint density at radius 1 is 0.667 bits per heavy atom. The standard InChI is InChI=1S/C23H23P.2FH.Ti/c1-14-6-7-15(2)21-11-18(10-20(14)21)24(5)19-12-22-16(3)8-9-17(4)23(22)13-19;;;/h6-13H,1-5H3;2*1H;/q;;;+2/p-2. The first-order valence-corrected chi connectivity index (χ1v) is 12.7. The van der Waals surface area contributed by atoms with Crippen molar-refractivity contribution in [2.45, 2.75) is 36.1 Å². The van der Waals surface area contributed by atoms with Crippen molar-refractivity contribution in [3.05, 3.63) is 79.4 Å². The molecule has 0 radical (unpaired) electrons. The minimum Gasteiger partial charge on any atom is -1.00 e. The number of hydrogen-bond donors (Lipinski definition) is 0. The molecule has 0 nitrogen and oxygen atoms in total. The number of fused-ring (bicyclic) bond motifs is 6. The van der Waals surface area contributed by atoms with Crippen LogP contribution in [0.15, 0.2) is 34.9 Å². The van der Waals surface area contributed by atoms with Crippen LogP contribution in [0.4, 0.5) is 0 Å². The van der Waals surface area contributed by atoms with Gasteiger partial charge in [0.05, 0.1) is 0 Å². The fraction of sp³-hybridized carbons (Fsp3) is 0.304. The molecule has 0 spiro atoms. The number of rotatable bonds is 0. The molecule has 0 N–H and O–H groups in total. The van der Waals surface area contributed by atoms with E-state index in [2.05, 4.69) is 70.8 Å². The van der Waals surface area contributed by atoms with E-state index in [0.717, 1.165) is 8.45 Å². The fourth-order valence-corrected chi connectivity index (χ4v) is 12.3. The largest absolute Gasteiger partial charge is 1.00 e. The Hall–Kier alpha value is -1.08. The van der Waals surface area contributed by atoms with Crippen LogP contribution in [-0.2, 0) is 19.2 Å². The van der Waals surface area contributed by atoms with Crippen molar-refractivity contribution in [1.29, 1.82) is 0 Å². The van der Waals surface area contributed by atoms with E-state index in [1.807, 2.05) is 0 Å². The van der Waals surface area contributed by atoms with Crippen LogP contribution in [0.5, 0.6) is 0 Å². The van der Waals surface area contributed by atoms with E-state index in [0.29, 0.717) is 0 Å².